The zero-order chi connectivity index (χ0) is 17.6. The molecule has 0 saturated heterocycles. The third-order valence-electron chi connectivity index (χ3n) is 3.54. The number of nitrogens with zero attached hydrogens (tertiary/aromatic N) is 2. The first-order valence-electron chi connectivity index (χ1n) is 6.58. The van der Waals surface area contributed by atoms with E-state index in [4.69, 9.17) is 17.3 Å². The number of non-ortho nitro benzene ring substituents is 1. The molecule has 0 unspecified atom stereocenters. The van der Waals surface area contributed by atoms with Gasteiger partial charge in [0.1, 0.15) is 0 Å². The molecule has 2 aromatic carbocycles. The van der Waals surface area contributed by atoms with Gasteiger partial charge in [0, 0.05) is 17.8 Å². The lowest BCUT2D eigenvalue weighted by Crippen LogP contribution is -2.36. The van der Waals surface area contributed by atoms with Crippen molar-refractivity contribution in [3.8, 4) is 0 Å². The number of nitro benzene ring substituents is 1. The molecular formula is C15H8ClN3O5. The highest BCUT2D eigenvalue weighted by Crippen LogP contribution is 2.31. The third-order valence-corrected chi connectivity index (χ3v) is 3.87. The number of benzene rings is 2. The maximum Gasteiger partial charge on any atom is 0.270 e. The standard InChI is InChI=1S/C15H8ClN3O5/c16-10-5-4-7(19(23)24)6-9(10)14(21)18-13(20)8-2-1-3-11(17)12(8)15(18)22/h1-6H,17H2. The van der Waals surface area contributed by atoms with E-state index in [0.717, 1.165) is 18.2 Å². The first-order chi connectivity index (χ1) is 11.3. The van der Waals surface area contributed by atoms with Gasteiger partial charge in [0.15, 0.2) is 0 Å². The summed E-state index contributed by atoms with van der Waals surface area (Å²) in [7, 11) is 0. The van der Waals surface area contributed by atoms with E-state index in [1.165, 1.54) is 18.2 Å². The molecule has 0 saturated carbocycles. The third kappa shape index (κ3) is 2.20. The van der Waals surface area contributed by atoms with Gasteiger partial charge in [0.05, 0.1) is 26.6 Å². The minimum atomic E-state index is -1.05. The number of rotatable bonds is 2. The van der Waals surface area contributed by atoms with Crippen molar-refractivity contribution in [2.24, 2.45) is 0 Å². The molecule has 0 radical (unpaired) electrons. The molecule has 2 N–H and O–H groups in total. The highest BCUT2D eigenvalue weighted by Gasteiger charge is 2.42. The molecule has 0 bridgehead atoms. The Balaban J connectivity index is 2.08. The van der Waals surface area contributed by atoms with E-state index in [0.29, 0.717) is 4.90 Å². The number of hydrogen-bond acceptors (Lipinski definition) is 6. The number of hydrogen-bond donors (Lipinski definition) is 1. The average Bonchev–Trinajstić information content (AvgIpc) is 2.79. The van der Waals surface area contributed by atoms with E-state index in [-0.39, 0.29) is 33.1 Å². The smallest absolute Gasteiger partial charge is 0.270 e. The number of halogens is 1. The van der Waals surface area contributed by atoms with Crippen LogP contribution in [0.1, 0.15) is 31.1 Å². The van der Waals surface area contributed by atoms with E-state index in [1.807, 2.05) is 0 Å². The van der Waals surface area contributed by atoms with Gasteiger partial charge in [0.2, 0.25) is 0 Å². The van der Waals surface area contributed by atoms with Crippen LogP contribution in [0, 0.1) is 10.1 Å². The molecule has 8 nitrogen and oxygen atoms in total. The fourth-order valence-electron chi connectivity index (χ4n) is 2.41. The summed E-state index contributed by atoms with van der Waals surface area (Å²) in [5.74, 6) is -2.79. The van der Waals surface area contributed by atoms with Crippen molar-refractivity contribution in [2.45, 2.75) is 0 Å². The maximum atomic E-state index is 12.6. The van der Waals surface area contributed by atoms with E-state index >= 15 is 0 Å². The van der Waals surface area contributed by atoms with Gasteiger partial charge in [-0.3, -0.25) is 24.5 Å². The van der Waals surface area contributed by atoms with Gasteiger partial charge in [-0.15, -0.1) is 0 Å². The lowest BCUT2D eigenvalue weighted by Gasteiger charge is -2.12. The van der Waals surface area contributed by atoms with Crippen LogP contribution in [0.2, 0.25) is 5.02 Å². The van der Waals surface area contributed by atoms with E-state index in [1.54, 1.807) is 0 Å². The second kappa shape index (κ2) is 5.43. The summed E-state index contributed by atoms with van der Waals surface area (Å²) in [4.78, 5) is 47.8. The number of carbonyl (C=O) groups excluding carboxylic acids is 3. The number of nitrogen functional groups attached to an aromatic ring is 1. The first kappa shape index (κ1) is 15.6. The second-order valence-electron chi connectivity index (χ2n) is 4.94. The van der Waals surface area contributed by atoms with Crippen LogP contribution < -0.4 is 5.73 Å². The molecule has 1 heterocycles. The lowest BCUT2D eigenvalue weighted by molar-refractivity contribution is -0.384. The maximum absolute atomic E-state index is 12.6. The summed E-state index contributed by atoms with van der Waals surface area (Å²) in [5, 5.41) is 10.7. The highest BCUT2D eigenvalue weighted by molar-refractivity contribution is 6.37. The van der Waals surface area contributed by atoms with Crippen LogP contribution in [0.4, 0.5) is 11.4 Å². The number of carbonyl (C=O) groups is 3. The topological polar surface area (TPSA) is 124 Å². The summed E-state index contributed by atoms with van der Waals surface area (Å²) in [6.07, 6.45) is 0. The number of imide groups is 3. The molecule has 3 rings (SSSR count). The summed E-state index contributed by atoms with van der Waals surface area (Å²) >= 11 is 5.89. The Labute approximate surface area is 139 Å². The Morgan fingerprint density at radius 1 is 1.17 bits per heavy atom. The van der Waals surface area contributed by atoms with Crippen LogP contribution in [0.25, 0.3) is 0 Å². The van der Waals surface area contributed by atoms with Gasteiger partial charge < -0.3 is 5.73 Å². The van der Waals surface area contributed by atoms with Crippen LogP contribution in [0.5, 0.6) is 0 Å². The SMILES string of the molecule is Nc1cccc2c1C(=O)N(C(=O)c1cc([N+](=O)[O-])ccc1Cl)C2=O. The average molecular weight is 346 g/mol. The van der Waals surface area contributed by atoms with Crippen molar-refractivity contribution in [3.05, 3.63) is 68.2 Å². The minimum absolute atomic E-state index is 0.00472. The molecule has 1 aliphatic rings. The van der Waals surface area contributed by atoms with Crippen LogP contribution >= 0.6 is 11.6 Å². The number of anilines is 1. The van der Waals surface area contributed by atoms with Crippen molar-refractivity contribution in [3.63, 3.8) is 0 Å². The molecule has 0 fully saturated rings. The fourth-order valence-corrected chi connectivity index (χ4v) is 2.61. The van der Waals surface area contributed by atoms with Crippen molar-refractivity contribution in [2.75, 3.05) is 5.73 Å². The summed E-state index contributed by atoms with van der Waals surface area (Å²) in [6, 6.07) is 7.46. The van der Waals surface area contributed by atoms with Gasteiger partial charge in [-0.05, 0) is 18.2 Å². The highest BCUT2D eigenvalue weighted by atomic mass is 35.5. The van der Waals surface area contributed by atoms with Crippen LogP contribution in [-0.2, 0) is 0 Å². The predicted octanol–water partition coefficient (Wildman–Crippen LogP) is 2.27. The van der Waals surface area contributed by atoms with Crippen molar-refractivity contribution < 1.29 is 19.3 Å². The largest absolute Gasteiger partial charge is 0.398 e. The fraction of sp³-hybridized carbons (Fsp3) is 0. The van der Waals surface area contributed by atoms with E-state index < -0.39 is 22.6 Å². The van der Waals surface area contributed by atoms with Crippen LogP contribution in [0.15, 0.2) is 36.4 Å². The molecular weight excluding hydrogens is 338 g/mol. The predicted molar refractivity (Wildman–Crippen MR) is 83.8 cm³/mol. The zero-order valence-electron chi connectivity index (χ0n) is 11.9. The number of nitrogens with two attached hydrogens (primary N) is 1. The lowest BCUT2D eigenvalue weighted by atomic mass is 10.1. The monoisotopic (exact) mass is 345 g/mol. The number of fused-ring (bicyclic) bond motifs is 1. The molecule has 0 atom stereocenters. The second-order valence-corrected chi connectivity index (χ2v) is 5.35. The Hall–Kier alpha value is -3.26. The summed E-state index contributed by atoms with van der Waals surface area (Å²) in [6.45, 7) is 0. The Morgan fingerprint density at radius 3 is 2.50 bits per heavy atom. The molecule has 120 valence electrons. The Bertz CT molecular complexity index is 941. The minimum Gasteiger partial charge on any atom is -0.398 e. The molecule has 0 spiro atoms. The summed E-state index contributed by atoms with van der Waals surface area (Å²) < 4.78 is 0. The van der Waals surface area contributed by atoms with Gasteiger partial charge in [-0.25, -0.2) is 4.90 Å². The molecule has 0 aliphatic carbocycles. The van der Waals surface area contributed by atoms with Crippen molar-refractivity contribution in [1.82, 2.24) is 4.90 Å². The van der Waals surface area contributed by atoms with E-state index in [2.05, 4.69) is 0 Å². The molecule has 2 aromatic rings. The number of nitro groups is 1. The first-order valence-corrected chi connectivity index (χ1v) is 6.96. The molecule has 24 heavy (non-hydrogen) atoms. The van der Waals surface area contributed by atoms with Gasteiger partial charge in [-0.1, -0.05) is 17.7 Å². The molecule has 1 aliphatic heterocycles. The van der Waals surface area contributed by atoms with Crippen LogP contribution in [0.3, 0.4) is 0 Å². The number of amides is 3. The van der Waals surface area contributed by atoms with Crippen molar-refractivity contribution in [1.29, 1.82) is 0 Å². The quantitative estimate of drug-likeness (QED) is 0.385. The Kier molecular flexibility index (Phi) is 3.53. The van der Waals surface area contributed by atoms with Gasteiger partial charge in [0.25, 0.3) is 23.4 Å². The van der Waals surface area contributed by atoms with Gasteiger partial charge >= 0.3 is 0 Å². The normalized spacial score (nSPS) is 13.1. The van der Waals surface area contributed by atoms with E-state index in [9.17, 15) is 24.5 Å². The van der Waals surface area contributed by atoms with Crippen molar-refractivity contribution >= 4 is 40.7 Å². The zero-order valence-corrected chi connectivity index (χ0v) is 12.6. The Morgan fingerprint density at radius 2 is 1.88 bits per heavy atom. The van der Waals surface area contributed by atoms with Gasteiger partial charge in [-0.2, -0.15) is 0 Å². The molecule has 0 aromatic heterocycles. The summed E-state index contributed by atoms with van der Waals surface area (Å²) in [5.41, 5.74) is 4.97. The van der Waals surface area contributed by atoms with Crippen LogP contribution in [-0.4, -0.2) is 27.5 Å². The molecule has 9 heteroatoms. The molecule has 3 amide bonds.